The Hall–Kier alpha value is -3.70. The summed E-state index contributed by atoms with van der Waals surface area (Å²) in [7, 11) is 3.10. The first kappa shape index (κ1) is 36.8. The van der Waals surface area contributed by atoms with Gasteiger partial charge in [-0.25, -0.2) is 9.37 Å². The topological polar surface area (TPSA) is 95.8 Å². The molecule has 0 bridgehead atoms. The normalized spacial score (nSPS) is 18.7. The van der Waals surface area contributed by atoms with Crippen molar-refractivity contribution in [2.45, 2.75) is 81.7 Å². The van der Waals surface area contributed by atoms with Gasteiger partial charge in [0.25, 0.3) is 0 Å². The predicted molar refractivity (Wildman–Crippen MR) is 175 cm³/mol. The van der Waals surface area contributed by atoms with Crippen LogP contribution in [0.25, 0.3) is 5.65 Å². The molecule has 4 heterocycles. The quantitative estimate of drug-likeness (QED) is 0.112. The number of aryl methyl sites for hydroxylation is 1. The van der Waals surface area contributed by atoms with Crippen LogP contribution in [0.3, 0.4) is 0 Å². The number of anilines is 2. The van der Waals surface area contributed by atoms with E-state index in [4.69, 9.17) is 9.53 Å². The van der Waals surface area contributed by atoms with E-state index in [2.05, 4.69) is 49.6 Å². The average molecular weight is 666 g/mol. The second-order valence-electron chi connectivity index (χ2n) is 10.9. The highest BCUT2D eigenvalue weighted by Gasteiger charge is 2.42. The Morgan fingerprint density at radius 3 is 2.57 bits per heavy atom. The predicted octanol–water partition coefficient (Wildman–Crippen LogP) is 6.28. The van der Waals surface area contributed by atoms with Crippen molar-refractivity contribution in [1.29, 1.82) is 0 Å². The highest BCUT2D eigenvalue weighted by molar-refractivity contribution is 8.00. The molecule has 2 atom stereocenters. The van der Waals surface area contributed by atoms with Gasteiger partial charge in [-0.2, -0.15) is 13.2 Å². The summed E-state index contributed by atoms with van der Waals surface area (Å²) in [5, 5.41) is 8.42. The van der Waals surface area contributed by atoms with E-state index < -0.39 is 17.7 Å². The van der Waals surface area contributed by atoms with Gasteiger partial charge in [-0.1, -0.05) is 19.8 Å². The molecule has 1 saturated heterocycles. The van der Waals surface area contributed by atoms with Gasteiger partial charge in [0.15, 0.2) is 5.65 Å². The Morgan fingerprint density at radius 1 is 1.26 bits per heavy atom. The molecule has 0 radical (unpaired) electrons. The lowest BCUT2D eigenvalue weighted by atomic mass is 9.76. The van der Waals surface area contributed by atoms with E-state index in [1.54, 1.807) is 31.4 Å². The third kappa shape index (κ3) is 9.42. The Labute approximate surface area is 272 Å². The van der Waals surface area contributed by atoms with Crippen molar-refractivity contribution in [2.24, 2.45) is 0 Å². The van der Waals surface area contributed by atoms with Crippen molar-refractivity contribution in [3.05, 3.63) is 42.0 Å². The zero-order chi connectivity index (χ0) is 33.9. The summed E-state index contributed by atoms with van der Waals surface area (Å²) in [6, 6.07) is 4.65. The minimum absolute atomic E-state index is 0.00287. The van der Waals surface area contributed by atoms with Gasteiger partial charge in [0.1, 0.15) is 22.6 Å². The van der Waals surface area contributed by atoms with Gasteiger partial charge >= 0.3 is 5.51 Å². The van der Waals surface area contributed by atoms with Crippen LogP contribution in [0.1, 0.15) is 57.8 Å². The summed E-state index contributed by atoms with van der Waals surface area (Å²) in [6.45, 7) is 9.27. The number of imidazole rings is 1. The minimum atomic E-state index is -4.54. The van der Waals surface area contributed by atoms with Crippen molar-refractivity contribution in [2.75, 3.05) is 44.4 Å². The highest BCUT2D eigenvalue weighted by Crippen LogP contribution is 2.41. The molecule has 252 valence electrons. The number of hydrogen-bond donors (Lipinski definition) is 3. The molecule has 3 N–H and O–H groups in total. The number of pyridine rings is 2. The number of carbonyl (C=O) groups is 1. The van der Waals surface area contributed by atoms with Crippen LogP contribution in [0.4, 0.5) is 28.9 Å². The van der Waals surface area contributed by atoms with Crippen LogP contribution in [-0.2, 0) is 4.79 Å². The molecule has 3 aromatic rings. The molecule has 5 rings (SSSR count). The van der Waals surface area contributed by atoms with Gasteiger partial charge in [-0.05, 0) is 57.6 Å². The number of aromatic nitrogens is 3. The maximum Gasteiger partial charge on any atom is 0.447 e. The zero-order valence-corrected chi connectivity index (χ0v) is 27.9. The fourth-order valence-corrected chi connectivity index (χ4v) is 5.97. The van der Waals surface area contributed by atoms with E-state index in [-0.39, 0.29) is 40.2 Å². The number of hydrogen-bond acceptors (Lipinski definition) is 8. The van der Waals surface area contributed by atoms with Crippen molar-refractivity contribution >= 4 is 35.2 Å². The number of likely N-dealkylation sites (tertiary alicyclic amines) is 1. The number of rotatable bonds is 8. The molecular formula is C32H43F4N7O2S. The van der Waals surface area contributed by atoms with Crippen LogP contribution in [0.15, 0.2) is 35.6 Å². The maximum atomic E-state index is 15.3. The lowest BCUT2D eigenvalue weighted by molar-refractivity contribution is -0.109. The largest absolute Gasteiger partial charge is 0.494 e. The van der Waals surface area contributed by atoms with Crippen molar-refractivity contribution < 1.29 is 27.1 Å². The second kappa shape index (κ2) is 16.7. The number of carbonyl (C=O) groups excluding carboxylic acids is 1. The smallest absolute Gasteiger partial charge is 0.447 e. The molecule has 0 aromatic carbocycles. The van der Waals surface area contributed by atoms with E-state index >= 15 is 4.39 Å². The van der Waals surface area contributed by atoms with Crippen molar-refractivity contribution in [3.8, 4) is 17.6 Å². The molecule has 1 aliphatic carbocycles. The van der Waals surface area contributed by atoms with Gasteiger partial charge in [-0.3, -0.25) is 19.1 Å². The number of halogens is 4. The Balaban J connectivity index is 0.000000891. The summed E-state index contributed by atoms with van der Waals surface area (Å²) in [4.78, 5) is 20.0. The maximum absolute atomic E-state index is 15.3. The summed E-state index contributed by atoms with van der Waals surface area (Å²) in [6.07, 6.45) is 6.57. The van der Waals surface area contributed by atoms with Gasteiger partial charge in [0, 0.05) is 55.4 Å². The molecule has 1 saturated carbocycles. The summed E-state index contributed by atoms with van der Waals surface area (Å²) in [5.41, 5.74) is -2.31. The Morgan fingerprint density at radius 2 is 1.98 bits per heavy atom. The molecule has 2 aliphatic rings. The number of nitrogens with one attached hydrogen (secondary N) is 3. The molecule has 1 amide bonds. The number of amides is 1. The number of alkyl halides is 4. The molecule has 14 heteroatoms. The lowest BCUT2D eigenvalue weighted by Crippen LogP contribution is -2.59. The van der Waals surface area contributed by atoms with E-state index in [9.17, 15) is 13.2 Å². The SMILES string of the molecule is CC.CNC=O.COc1cc(C)ncc1NCC#Cc1nc2c(NC3CCN(C4(C)CCC4)CC3F)cccn2c1SC(F)(F)F. The highest BCUT2D eigenvalue weighted by atomic mass is 32.2. The lowest BCUT2D eigenvalue weighted by Gasteiger charge is -2.51. The third-order valence-electron chi connectivity index (χ3n) is 7.81. The fourth-order valence-electron chi connectivity index (χ4n) is 5.31. The number of piperidine rings is 1. The van der Waals surface area contributed by atoms with Crippen LogP contribution >= 0.6 is 11.8 Å². The third-order valence-corrected chi connectivity index (χ3v) is 8.62. The van der Waals surface area contributed by atoms with Crippen LogP contribution < -0.4 is 20.7 Å². The minimum Gasteiger partial charge on any atom is -0.494 e. The molecule has 1 aliphatic heterocycles. The second-order valence-corrected chi connectivity index (χ2v) is 11.9. The molecule has 3 aromatic heterocycles. The first-order valence-electron chi connectivity index (χ1n) is 15.2. The monoisotopic (exact) mass is 665 g/mol. The first-order valence-corrected chi connectivity index (χ1v) is 16.1. The number of nitrogens with zero attached hydrogens (tertiary/aromatic N) is 4. The van der Waals surface area contributed by atoms with Gasteiger partial charge < -0.3 is 20.7 Å². The van der Waals surface area contributed by atoms with Crippen LogP contribution in [0.2, 0.25) is 0 Å². The molecule has 46 heavy (non-hydrogen) atoms. The van der Waals surface area contributed by atoms with Crippen molar-refractivity contribution in [3.63, 3.8) is 0 Å². The molecular weight excluding hydrogens is 622 g/mol. The summed E-state index contributed by atoms with van der Waals surface area (Å²) >= 11 is -0.268. The van der Waals surface area contributed by atoms with Crippen LogP contribution in [-0.4, -0.2) is 82.7 Å². The van der Waals surface area contributed by atoms with Gasteiger partial charge in [0.05, 0.1) is 37.3 Å². The number of ether oxygens (including phenoxy) is 1. The molecule has 2 fully saturated rings. The first-order chi connectivity index (χ1) is 22.0. The Kier molecular flexibility index (Phi) is 13.4. The van der Waals surface area contributed by atoms with Gasteiger partial charge in [-0.15, -0.1) is 0 Å². The molecule has 2 unspecified atom stereocenters. The molecule has 9 nitrogen and oxygen atoms in total. The summed E-state index contributed by atoms with van der Waals surface area (Å²) < 4.78 is 62.5. The van der Waals surface area contributed by atoms with E-state index in [1.165, 1.54) is 24.1 Å². The van der Waals surface area contributed by atoms with Crippen molar-refractivity contribution in [1.82, 2.24) is 24.6 Å². The summed E-state index contributed by atoms with van der Waals surface area (Å²) in [5.74, 6) is 6.23. The standard InChI is InChI=1S/C28H32F4N6OS.C2H5NO.C2H6/c1-18-15-24(39-3)23(16-34-18)33-12-4-7-22-26(40-28(30,31)32)38-13-5-8-21(25(38)36-22)35-20-9-14-37(17-19(20)29)27(2)10-6-11-27;1-3-2-4;1-2/h5,8,13,15-16,19-20,33,35H,6,9-12,14,17H2,1-3H3;2H,1H3,(H,3,4);1-2H3. The Bertz CT molecular complexity index is 1500. The van der Waals surface area contributed by atoms with E-state index in [0.717, 1.165) is 25.1 Å². The van der Waals surface area contributed by atoms with E-state index in [0.29, 0.717) is 36.5 Å². The van der Waals surface area contributed by atoms with Crippen LogP contribution in [0.5, 0.6) is 5.75 Å². The average Bonchev–Trinajstić information content (AvgIpc) is 3.37. The van der Waals surface area contributed by atoms with Crippen LogP contribution in [0, 0.1) is 18.8 Å². The fraction of sp³-hybridized carbons (Fsp3) is 0.531. The number of fused-ring (bicyclic) bond motifs is 1. The number of methoxy groups -OCH3 is 1. The van der Waals surface area contributed by atoms with Gasteiger partial charge in [0.2, 0.25) is 6.41 Å². The van der Waals surface area contributed by atoms with E-state index in [1.807, 2.05) is 20.8 Å². The number of thioether (sulfide) groups is 1. The zero-order valence-electron chi connectivity index (χ0n) is 27.1. The molecule has 0 spiro atoms.